The van der Waals surface area contributed by atoms with Gasteiger partial charge >= 0.3 is 0 Å². The lowest BCUT2D eigenvalue weighted by Crippen LogP contribution is -2.37. The van der Waals surface area contributed by atoms with Gasteiger partial charge in [-0.15, -0.1) is 0 Å². The number of aromatic nitrogens is 1. The normalized spacial score (nSPS) is 17.3. The molecule has 0 radical (unpaired) electrons. The lowest BCUT2D eigenvalue weighted by atomic mass is 9.99. The molecule has 1 aromatic heterocycles. The van der Waals surface area contributed by atoms with Crippen molar-refractivity contribution in [1.29, 1.82) is 0 Å². The van der Waals surface area contributed by atoms with Gasteiger partial charge in [-0.3, -0.25) is 4.79 Å². The number of halogens is 1. The molecule has 1 fully saturated rings. The average molecular weight is 346 g/mol. The second-order valence-corrected chi connectivity index (χ2v) is 6.19. The van der Waals surface area contributed by atoms with Gasteiger partial charge in [0.05, 0.1) is 18.1 Å². The van der Waals surface area contributed by atoms with Crippen molar-refractivity contribution in [3.8, 4) is 16.9 Å². The van der Waals surface area contributed by atoms with Crippen molar-refractivity contribution in [2.24, 2.45) is 5.92 Å². The van der Waals surface area contributed by atoms with Crippen LogP contribution in [0.1, 0.15) is 12.8 Å². The number of anilines is 1. The van der Waals surface area contributed by atoms with Crippen LogP contribution in [0.4, 0.5) is 5.82 Å². The lowest BCUT2D eigenvalue weighted by Gasteiger charge is -2.21. The lowest BCUT2D eigenvalue weighted by molar-refractivity contribution is -0.120. The summed E-state index contributed by atoms with van der Waals surface area (Å²) in [5.74, 6) is 1.18. The van der Waals surface area contributed by atoms with E-state index >= 15 is 0 Å². The molecular weight excluding hydrogens is 326 g/mol. The molecule has 0 unspecified atom stereocenters. The van der Waals surface area contributed by atoms with E-state index in [9.17, 15) is 4.79 Å². The summed E-state index contributed by atoms with van der Waals surface area (Å²) in [6.45, 7) is 1.68. The molecule has 126 valence electrons. The third kappa shape index (κ3) is 3.68. The summed E-state index contributed by atoms with van der Waals surface area (Å²) >= 11 is 6.30. The topological polar surface area (TPSA) is 63.2 Å². The van der Waals surface area contributed by atoms with Gasteiger partial charge in [0.25, 0.3) is 0 Å². The number of benzene rings is 1. The number of amides is 1. The second-order valence-electron chi connectivity index (χ2n) is 5.78. The highest BCUT2D eigenvalue weighted by molar-refractivity contribution is 6.33. The smallest absolute Gasteiger partial charge is 0.229 e. The number of carbonyl (C=O) groups excluding carboxylic acids is 1. The molecule has 1 atom stereocenters. The molecule has 3 rings (SSSR count). The van der Waals surface area contributed by atoms with Crippen LogP contribution in [-0.4, -0.2) is 31.1 Å². The van der Waals surface area contributed by atoms with Gasteiger partial charge < -0.3 is 15.4 Å². The number of ether oxygens (including phenoxy) is 1. The van der Waals surface area contributed by atoms with Crippen molar-refractivity contribution in [3.63, 3.8) is 0 Å². The molecule has 6 heteroatoms. The Bertz CT molecular complexity index is 730. The number of rotatable bonds is 4. The van der Waals surface area contributed by atoms with Gasteiger partial charge in [0.2, 0.25) is 5.91 Å². The molecule has 1 saturated heterocycles. The van der Waals surface area contributed by atoms with Gasteiger partial charge in [0.1, 0.15) is 11.6 Å². The van der Waals surface area contributed by atoms with Crippen LogP contribution >= 0.6 is 11.6 Å². The highest BCUT2D eigenvalue weighted by Crippen LogP contribution is 2.35. The van der Waals surface area contributed by atoms with Crippen LogP contribution in [0, 0.1) is 5.92 Å². The van der Waals surface area contributed by atoms with E-state index in [1.165, 1.54) is 0 Å². The summed E-state index contributed by atoms with van der Waals surface area (Å²) in [7, 11) is 1.62. The fourth-order valence-corrected chi connectivity index (χ4v) is 3.09. The highest BCUT2D eigenvalue weighted by Gasteiger charge is 2.21. The maximum atomic E-state index is 12.4. The van der Waals surface area contributed by atoms with Crippen LogP contribution in [0.15, 0.2) is 36.5 Å². The molecule has 24 heavy (non-hydrogen) atoms. The van der Waals surface area contributed by atoms with E-state index < -0.39 is 0 Å². The van der Waals surface area contributed by atoms with E-state index in [0.717, 1.165) is 36.3 Å². The molecule has 0 bridgehead atoms. The largest absolute Gasteiger partial charge is 0.496 e. The summed E-state index contributed by atoms with van der Waals surface area (Å²) in [5.41, 5.74) is 1.64. The molecule has 1 amide bonds. The quantitative estimate of drug-likeness (QED) is 0.892. The number of methoxy groups -OCH3 is 1. The number of carbonyl (C=O) groups is 1. The molecule has 0 aliphatic carbocycles. The van der Waals surface area contributed by atoms with Gasteiger partial charge in [-0.05, 0) is 31.5 Å². The third-order valence-corrected chi connectivity index (χ3v) is 4.47. The van der Waals surface area contributed by atoms with E-state index in [-0.39, 0.29) is 11.8 Å². The number of nitrogens with one attached hydrogen (secondary N) is 2. The molecule has 5 nitrogen and oxygen atoms in total. The Morgan fingerprint density at radius 2 is 2.21 bits per heavy atom. The minimum Gasteiger partial charge on any atom is -0.496 e. The number of para-hydroxylation sites is 1. The zero-order valence-electron chi connectivity index (χ0n) is 13.5. The number of hydrogen-bond donors (Lipinski definition) is 2. The number of nitrogens with zero attached hydrogens (tertiary/aromatic N) is 1. The van der Waals surface area contributed by atoms with Crippen molar-refractivity contribution in [3.05, 3.63) is 41.6 Å². The van der Waals surface area contributed by atoms with Gasteiger partial charge in [0.15, 0.2) is 0 Å². The summed E-state index contributed by atoms with van der Waals surface area (Å²) in [6.07, 6.45) is 3.46. The first-order valence-electron chi connectivity index (χ1n) is 7.99. The Morgan fingerprint density at radius 3 is 2.96 bits per heavy atom. The van der Waals surface area contributed by atoms with Crippen LogP contribution in [0.5, 0.6) is 5.75 Å². The van der Waals surface area contributed by atoms with Crippen LogP contribution < -0.4 is 15.4 Å². The number of pyridine rings is 1. The molecular formula is C18H20ClN3O2. The molecule has 0 saturated carbocycles. The summed E-state index contributed by atoms with van der Waals surface area (Å²) < 4.78 is 5.40. The van der Waals surface area contributed by atoms with E-state index in [1.54, 1.807) is 19.4 Å². The molecule has 1 aromatic carbocycles. The fraction of sp³-hybridized carbons (Fsp3) is 0.333. The van der Waals surface area contributed by atoms with E-state index in [1.807, 2.05) is 24.3 Å². The molecule has 2 aromatic rings. The van der Waals surface area contributed by atoms with E-state index in [2.05, 4.69) is 15.6 Å². The Labute approximate surface area is 146 Å². The predicted octanol–water partition coefficient (Wildman–Crippen LogP) is 3.35. The molecule has 2 heterocycles. The minimum absolute atomic E-state index is 0.0111. The van der Waals surface area contributed by atoms with Gasteiger partial charge in [-0.1, -0.05) is 29.8 Å². The minimum atomic E-state index is -0.0223. The van der Waals surface area contributed by atoms with Gasteiger partial charge in [0, 0.05) is 23.9 Å². The standard InChI is InChI=1S/C18H20ClN3O2/c1-24-16-7-3-2-6-13(16)14-9-17(21-11-15(14)19)22-18(23)12-5-4-8-20-10-12/h2-3,6-7,9,11-12,20H,4-5,8,10H2,1H3,(H,21,22,23)/t12-/m1/s1. The Balaban J connectivity index is 1.85. The van der Waals surface area contributed by atoms with Crippen molar-refractivity contribution < 1.29 is 9.53 Å². The Morgan fingerprint density at radius 1 is 1.38 bits per heavy atom. The molecule has 1 aliphatic heterocycles. The summed E-state index contributed by atoms with van der Waals surface area (Å²) in [4.78, 5) is 16.6. The van der Waals surface area contributed by atoms with Crippen molar-refractivity contribution in [2.45, 2.75) is 12.8 Å². The first-order chi connectivity index (χ1) is 11.7. The summed E-state index contributed by atoms with van der Waals surface area (Å²) in [5, 5.41) is 6.65. The van der Waals surface area contributed by atoms with E-state index in [4.69, 9.17) is 16.3 Å². The van der Waals surface area contributed by atoms with Gasteiger partial charge in [-0.2, -0.15) is 0 Å². The van der Waals surface area contributed by atoms with Gasteiger partial charge in [-0.25, -0.2) is 4.98 Å². The first-order valence-corrected chi connectivity index (χ1v) is 8.37. The maximum absolute atomic E-state index is 12.4. The SMILES string of the molecule is COc1ccccc1-c1cc(NC(=O)[C@@H]2CCCNC2)ncc1Cl. The maximum Gasteiger partial charge on any atom is 0.229 e. The predicted molar refractivity (Wildman–Crippen MR) is 95.5 cm³/mol. The average Bonchev–Trinajstić information content (AvgIpc) is 2.64. The van der Waals surface area contributed by atoms with Crippen LogP contribution in [0.25, 0.3) is 11.1 Å². The zero-order chi connectivity index (χ0) is 16.9. The monoisotopic (exact) mass is 345 g/mol. The Kier molecular flexibility index (Phi) is 5.33. The number of piperidine rings is 1. The molecule has 2 N–H and O–H groups in total. The van der Waals surface area contributed by atoms with Crippen LogP contribution in [0.2, 0.25) is 5.02 Å². The van der Waals surface area contributed by atoms with Crippen molar-refractivity contribution >= 4 is 23.3 Å². The summed E-state index contributed by atoms with van der Waals surface area (Å²) in [6, 6.07) is 9.40. The van der Waals surface area contributed by atoms with Crippen molar-refractivity contribution in [2.75, 3.05) is 25.5 Å². The van der Waals surface area contributed by atoms with Crippen LogP contribution in [-0.2, 0) is 4.79 Å². The fourth-order valence-electron chi connectivity index (χ4n) is 2.88. The second kappa shape index (κ2) is 7.64. The molecule has 1 aliphatic rings. The Hall–Kier alpha value is -2.11. The van der Waals surface area contributed by atoms with Crippen LogP contribution in [0.3, 0.4) is 0 Å². The zero-order valence-corrected chi connectivity index (χ0v) is 14.3. The first kappa shape index (κ1) is 16.7. The van der Waals surface area contributed by atoms with Crippen molar-refractivity contribution in [1.82, 2.24) is 10.3 Å². The highest BCUT2D eigenvalue weighted by atomic mass is 35.5. The third-order valence-electron chi connectivity index (χ3n) is 4.17. The van der Waals surface area contributed by atoms with E-state index in [0.29, 0.717) is 17.4 Å². The molecule has 0 spiro atoms. The number of hydrogen-bond acceptors (Lipinski definition) is 4.